The van der Waals surface area contributed by atoms with Crippen LogP contribution in [0.3, 0.4) is 0 Å². The Balaban J connectivity index is 1.63. The van der Waals surface area contributed by atoms with Crippen LogP contribution in [0.25, 0.3) is 0 Å². The molecule has 2 atom stereocenters. The molecular weight excluding hydrogens is 311 g/mol. The molecule has 24 heavy (non-hydrogen) atoms. The molecule has 1 aliphatic carbocycles. The van der Waals surface area contributed by atoms with E-state index in [1.54, 1.807) is 35.0 Å². The van der Waals surface area contributed by atoms with Gasteiger partial charge in [0.05, 0.1) is 30.6 Å². The van der Waals surface area contributed by atoms with Crippen molar-refractivity contribution >= 4 is 11.8 Å². The highest BCUT2D eigenvalue weighted by Crippen LogP contribution is 2.50. The van der Waals surface area contributed by atoms with Gasteiger partial charge in [0.2, 0.25) is 11.8 Å². The van der Waals surface area contributed by atoms with E-state index in [0.717, 1.165) is 0 Å². The normalized spacial score (nSPS) is 28.5. The smallest absolute Gasteiger partial charge is 0.233 e. The van der Waals surface area contributed by atoms with Gasteiger partial charge in [0, 0.05) is 25.7 Å². The Kier molecular flexibility index (Phi) is 3.60. The van der Waals surface area contributed by atoms with Crippen molar-refractivity contribution in [3.63, 3.8) is 0 Å². The number of carbonyl (C=O) groups excluding carboxylic acids is 2. The Labute approximate surface area is 140 Å². The largest absolute Gasteiger partial charge is 0.378 e. The van der Waals surface area contributed by atoms with E-state index in [9.17, 15) is 14.0 Å². The minimum atomic E-state index is -0.744. The van der Waals surface area contributed by atoms with E-state index in [-0.39, 0.29) is 29.6 Å². The molecule has 0 N–H and O–H groups in total. The van der Waals surface area contributed by atoms with Gasteiger partial charge >= 0.3 is 0 Å². The van der Waals surface area contributed by atoms with Crippen molar-refractivity contribution in [2.75, 3.05) is 33.4 Å². The molecule has 2 aliphatic heterocycles. The molecule has 128 valence electrons. The highest BCUT2D eigenvalue weighted by molar-refractivity contribution is 5.92. The summed E-state index contributed by atoms with van der Waals surface area (Å²) in [5.41, 5.74) is -0.257. The monoisotopic (exact) mass is 332 g/mol. The number of halogens is 1. The van der Waals surface area contributed by atoms with Crippen molar-refractivity contribution in [1.82, 2.24) is 9.80 Å². The standard InChI is InChI=1S/C18H21FN2O3/c1-20-13-9-21(8-12(16(20)22)10-24-11-13)17(23)18(6-7-18)14-4-2-3-5-15(14)19/h2-5,12-13H,6-11H2,1H3/t12-,13+/m1/s1. The number of ether oxygens (including phenoxy) is 1. The van der Waals surface area contributed by atoms with Crippen LogP contribution < -0.4 is 0 Å². The molecule has 3 fully saturated rings. The molecule has 0 radical (unpaired) electrons. The first-order chi connectivity index (χ1) is 11.5. The molecule has 2 bridgehead atoms. The number of hydrogen-bond donors (Lipinski definition) is 0. The van der Waals surface area contributed by atoms with Gasteiger partial charge in [0.1, 0.15) is 5.82 Å². The summed E-state index contributed by atoms with van der Waals surface area (Å²) in [5.74, 6) is -0.672. The molecule has 4 rings (SSSR count). The molecule has 1 aromatic rings. The van der Waals surface area contributed by atoms with Crippen LogP contribution in [0.15, 0.2) is 24.3 Å². The van der Waals surface area contributed by atoms with Crippen molar-refractivity contribution in [1.29, 1.82) is 0 Å². The Bertz CT molecular complexity index is 689. The summed E-state index contributed by atoms with van der Waals surface area (Å²) in [5, 5.41) is 0. The number of rotatable bonds is 2. The van der Waals surface area contributed by atoms with Crippen LogP contribution in [0.2, 0.25) is 0 Å². The van der Waals surface area contributed by atoms with Gasteiger partial charge < -0.3 is 14.5 Å². The van der Waals surface area contributed by atoms with E-state index in [1.807, 2.05) is 0 Å². The lowest BCUT2D eigenvalue weighted by Crippen LogP contribution is -2.48. The Morgan fingerprint density at radius 3 is 2.71 bits per heavy atom. The van der Waals surface area contributed by atoms with Crippen molar-refractivity contribution in [2.24, 2.45) is 5.92 Å². The third-order valence-electron chi connectivity index (χ3n) is 5.58. The molecule has 5 nitrogen and oxygen atoms in total. The number of carbonyl (C=O) groups is 2. The van der Waals surface area contributed by atoms with Gasteiger partial charge in [-0.15, -0.1) is 0 Å². The summed E-state index contributed by atoms with van der Waals surface area (Å²) in [6.07, 6.45) is 1.33. The lowest BCUT2D eigenvalue weighted by atomic mass is 9.93. The van der Waals surface area contributed by atoms with Crippen LogP contribution in [-0.2, 0) is 19.7 Å². The number of likely N-dealkylation sites (N-methyl/N-ethyl adjacent to an activating group) is 1. The number of hydrogen-bond acceptors (Lipinski definition) is 3. The zero-order valence-electron chi connectivity index (χ0n) is 13.7. The Morgan fingerprint density at radius 1 is 1.25 bits per heavy atom. The summed E-state index contributed by atoms with van der Waals surface area (Å²) >= 11 is 0. The fourth-order valence-electron chi connectivity index (χ4n) is 3.94. The average molecular weight is 332 g/mol. The molecular formula is C18H21FN2O3. The van der Waals surface area contributed by atoms with Crippen LogP contribution in [0.1, 0.15) is 18.4 Å². The Hall–Kier alpha value is -1.95. The molecule has 0 unspecified atom stereocenters. The van der Waals surface area contributed by atoms with Gasteiger partial charge in [-0.3, -0.25) is 9.59 Å². The second-order valence-corrected chi connectivity index (χ2v) is 7.11. The molecule has 2 amide bonds. The van der Waals surface area contributed by atoms with Gasteiger partial charge in [-0.25, -0.2) is 4.39 Å². The molecule has 1 aromatic carbocycles. The number of benzene rings is 1. The fraction of sp³-hybridized carbons (Fsp3) is 0.556. The highest BCUT2D eigenvalue weighted by Gasteiger charge is 2.55. The van der Waals surface area contributed by atoms with Crippen LogP contribution in [-0.4, -0.2) is 61.0 Å². The third kappa shape index (κ3) is 2.32. The predicted molar refractivity (Wildman–Crippen MR) is 84.8 cm³/mol. The highest BCUT2D eigenvalue weighted by atomic mass is 19.1. The van der Waals surface area contributed by atoms with E-state index in [4.69, 9.17) is 4.74 Å². The summed E-state index contributed by atoms with van der Waals surface area (Å²) in [4.78, 5) is 29.1. The van der Waals surface area contributed by atoms with Gasteiger partial charge in [-0.05, 0) is 18.9 Å². The maximum Gasteiger partial charge on any atom is 0.233 e. The van der Waals surface area contributed by atoms with E-state index >= 15 is 0 Å². The van der Waals surface area contributed by atoms with Gasteiger partial charge in [0.15, 0.2) is 0 Å². The third-order valence-corrected chi connectivity index (χ3v) is 5.58. The second kappa shape index (κ2) is 5.55. The lowest BCUT2D eigenvalue weighted by Gasteiger charge is -2.32. The number of amides is 2. The zero-order valence-corrected chi connectivity index (χ0v) is 13.7. The first kappa shape index (κ1) is 15.6. The molecule has 3 aliphatic rings. The summed E-state index contributed by atoms with van der Waals surface area (Å²) in [6, 6.07) is 6.39. The molecule has 6 heteroatoms. The van der Waals surface area contributed by atoms with E-state index in [0.29, 0.717) is 44.7 Å². The first-order valence-electron chi connectivity index (χ1n) is 8.42. The molecule has 1 saturated carbocycles. The predicted octanol–water partition coefficient (Wildman–Crippen LogP) is 1.17. The van der Waals surface area contributed by atoms with E-state index < -0.39 is 5.41 Å². The van der Waals surface area contributed by atoms with Crippen molar-refractivity contribution in [3.8, 4) is 0 Å². The lowest BCUT2D eigenvalue weighted by molar-refractivity contribution is -0.136. The van der Waals surface area contributed by atoms with Crippen molar-refractivity contribution in [3.05, 3.63) is 35.6 Å². The quantitative estimate of drug-likeness (QED) is 0.817. The first-order valence-corrected chi connectivity index (χ1v) is 8.42. The van der Waals surface area contributed by atoms with Crippen LogP contribution >= 0.6 is 0 Å². The molecule has 0 aromatic heterocycles. The van der Waals surface area contributed by atoms with Gasteiger partial charge in [0.25, 0.3) is 0 Å². The number of nitrogens with zero attached hydrogens (tertiary/aromatic N) is 2. The maximum atomic E-state index is 14.2. The second-order valence-electron chi connectivity index (χ2n) is 7.11. The minimum absolute atomic E-state index is 0.0311. The number of fused-ring (bicyclic) bond motifs is 3. The fourth-order valence-corrected chi connectivity index (χ4v) is 3.94. The van der Waals surface area contributed by atoms with Gasteiger partial charge in [-0.2, -0.15) is 0 Å². The topological polar surface area (TPSA) is 49.9 Å². The molecule has 0 spiro atoms. The van der Waals surface area contributed by atoms with E-state index in [1.165, 1.54) is 6.07 Å². The summed E-state index contributed by atoms with van der Waals surface area (Å²) in [6.45, 7) is 1.59. The van der Waals surface area contributed by atoms with Gasteiger partial charge in [-0.1, -0.05) is 18.2 Å². The Morgan fingerprint density at radius 2 is 2.00 bits per heavy atom. The molecule has 2 saturated heterocycles. The van der Waals surface area contributed by atoms with Crippen LogP contribution in [0.5, 0.6) is 0 Å². The van der Waals surface area contributed by atoms with Crippen LogP contribution in [0.4, 0.5) is 4.39 Å². The SMILES string of the molecule is CN1C(=O)[C@H]2COC[C@@H]1CN(C(=O)C1(c3ccccc3F)CC1)C2. The average Bonchev–Trinajstić information content (AvgIpc) is 3.36. The summed E-state index contributed by atoms with van der Waals surface area (Å²) < 4.78 is 19.8. The summed E-state index contributed by atoms with van der Waals surface area (Å²) in [7, 11) is 1.77. The van der Waals surface area contributed by atoms with E-state index in [2.05, 4.69) is 0 Å². The molecule has 2 heterocycles. The minimum Gasteiger partial charge on any atom is -0.378 e. The van der Waals surface area contributed by atoms with Crippen LogP contribution in [0, 0.1) is 11.7 Å². The zero-order chi connectivity index (χ0) is 16.9. The van der Waals surface area contributed by atoms with Crippen molar-refractivity contribution < 1.29 is 18.7 Å². The maximum absolute atomic E-state index is 14.2. The van der Waals surface area contributed by atoms with Crippen molar-refractivity contribution in [2.45, 2.75) is 24.3 Å².